The summed E-state index contributed by atoms with van der Waals surface area (Å²) in [5, 5.41) is 77.0. The maximum Gasteiger partial charge on any atom is 0.437 e. The number of piperidine rings is 4. The average molecular weight is 1960 g/mol. The van der Waals surface area contributed by atoms with Gasteiger partial charge in [0, 0.05) is 63.4 Å². The van der Waals surface area contributed by atoms with Gasteiger partial charge in [-0.1, -0.05) is 149 Å². The number of aliphatic hydroxyl groups is 3. The second-order valence-electron chi connectivity index (χ2n) is 41.0. The van der Waals surface area contributed by atoms with Crippen molar-refractivity contribution in [1.29, 1.82) is 0 Å². The fourth-order valence-electron chi connectivity index (χ4n) is 19.7. The molecule has 9 aromatic rings. The number of allylic oxidation sites excluding steroid dienone is 1. The molecule has 142 heavy (non-hydrogen) atoms. The number of aliphatic hydroxyl groups excluding tert-OH is 3. The number of nitrogens with two attached hydrogens (primary N) is 1. The normalized spacial score (nSPS) is 23.6. The van der Waals surface area contributed by atoms with E-state index in [1.54, 1.807) is 89.5 Å². The van der Waals surface area contributed by atoms with Crippen molar-refractivity contribution in [3.05, 3.63) is 221 Å². The van der Waals surface area contributed by atoms with E-state index in [0.29, 0.717) is 93.6 Å². The molecule has 13 fully saturated rings. The Bertz CT molecular complexity index is 5470. The molecule has 22 rings (SSSR count). The SMILES string of the molecule is C1CCOC1.C=C(C)NC(CO)c1nnc([C@@H]2CC3(CC3)[C@@H]3CN2C(=O)N3OCc2ccccc2)o1.CC(C)(C)OC(=O)N=C(NC(=O)OC(C)(C)C)n1cccn1.CC(CO)c1nnc([C@@H]2CC3(CC3)[C@@H]3CN2C(=O)N3OCc2ccccc2)o1.CCC(C)c1nnc([C@@H]2CC3(CC3)[C@@H]3CN2C(=O)N3OCc2ccccc2)o1.NC(CO)c1nnc([C@@H]2CC3(CC3)[C@@H]3CN2C(=O)N3OCc2ccccc2)o1. The Morgan fingerprint density at radius 3 is 1.11 bits per heavy atom. The van der Waals surface area contributed by atoms with Gasteiger partial charge in [-0.15, -0.1) is 45.8 Å². The molecule has 12 atom stereocenters. The number of aromatic nitrogens is 10. The third kappa shape index (κ3) is 23.0. The van der Waals surface area contributed by atoms with Gasteiger partial charge in [-0.05, 0) is 195 Å². The highest BCUT2D eigenvalue weighted by Crippen LogP contribution is 2.66. The maximum absolute atomic E-state index is 13.2. The standard InChI is InChI=1S/C22H27N5O4.C21H26N4O3.C20H24N4O4.C19H23N5O4.C14H22N4O4.C4H8O/c1-14(2)23-16(12-28)19-24-25-20(31-19)17-10-22(8-9-22)18-11-26(17)21(29)27(18)30-13-15-6-4-3-5-7-15;1-3-14(2)18-22-23-19(28-18)16-11-21(9-10-21)17-12-24(16)20(26)25(17)27-13-15-7-5-4-6-8-15;1-13(11-25)17-21-22-18(28-17)15-9-20(7-8-20)16-10-23(15)19(26)24(16)27-12-14-5-3-2-4-6-14;20-13(10-25)16-21-22-17(28-16)14-8-19(6-7-19)15-9-23(14)18(26)24(15)27-11-12-4-2-1-3-5-12;1-13(2,3)21-11(19)16-10(18-9-7-8-15-18)17-12(20)22-14(4,5)6;1-2-4-5-3-1/h3-7,16-18,23,28H,1,8-13H2,2H3;4-8,14,16-17H,3,9-13H2,1-2H3;2-6,13,15-16,25H,7-12H2,1H3;1-5,13-15,25H,6-11,20H2;7-9H,1-6H3,(H,16,17,19,20);1-4H2/t16?,17-,18-;14?,16-,17-;13?,15-,16-;13?,14-,15-;;/m0000../s1. The number of alkyl carbamates (subject to hydrolysis) is 1. The Labute approximate surface area is 823 Å². The molecule has 42 nitrogen and oxygen atoms in total. The molecule has 0 radical (unpaired) electrons. The van der Waals surface area contributed by atoms with Crippen LogP contribution >= 0.6 is 0 Å². The lowest BCUT2D eigenvalue weighted by atomic mass is 9.85. The molecular weight excluding hydrogens is 1830 g/mol. The van der Waals surface area contributed by atoms with Gasteiger partial charge in [-0.2, -0.15) is 25.4 Å². The highest BCUT2D eigenvalue weighted by atomic mass is 16.7. The first-order valence-electron chi connectivity index (χ1n) is 49.1. The Kier molecular flexibility index (Phi) is 30.4. The number of nitrogens with one attached hydrogen (secondary N) is 2. The van der Waals surface area contributed by atoms with Crippen molar-refractivity contribution in [3.8, 4) is 0 Å². The Hall–Kier alpha value is -12.7. The number of rotatable bonds is 26. The molecule has 4 aromatic carbocycles. The number of urea groups is 4. The number of nitrogens with zero attached hydrogens (tertiary/aromatic N) is 19. The van der Waals surface area contributed by atoms with E-state index in [-0.39, 0.29) is 144 Å². The molecule has 760 valence electrons. The summed E-state index contributed by atoms with van der Waals surface area (Å²) in [6.45, 7) is 27.3. The Morgan fingerprint density at radius 1 is 0.479 bits per heavy atom. The summed E-state index contributed by atoms with van der Waals surface area (Å²) in [4.78, 5) is 111. The summed E-state index contributed by atoms with van der Waals surface area (Å²) in [5.41, 5.74) is 9.49. The minimum Gasteiger partial charge on any atom is -0.444 e. The van der Waals surface area contributed by atoms with Crippen LogP contribution in [0.3, 0.4) is 0 Å². The van der Waals surface area contributed by atoms with Gasteiger partial charge in [-0.25, -0.2) is 33.4 Å². The van der Waals surface area contributed by atoms with Gasteiger partial charge in [0.1, 0.15) is 73.9 Å². The summed E-state index contributed by atoms with van der Waals surface area (Å²) in [6.07, 6.45) is 16.8. The number of benzene rings is 4. The van der Waals surface area contributed by atoms with Crippen LogP contribution in [0, 0.1) is 21.7 Å². The Morgan fingerprint density at radius 2 is 0.817 bits per heavy atom. The van der Waals surface area contributed by atoms with Crippen LogP contribution in [-0.4, -0.2) is 243 Å². The number of aliphatic imine (C=N–C) groups is 1. The van der Waals surface area contributed by atoms with E-state index in [1.165, 1.54) is 29.9 Å². The molecule has 5 aromatic heterocycles. The van der Waals surface area contributed by atoms with Crippen LogP contribution in [0.4, 0.5) is 28.8 Å². The third-order valence-electron chi connectivity index (χ3n) is 28.4. The molecule has 14 heterocycles. The lowest BCUT2D eigenvalue weighted by Gasteiger charge is -2.35. The van der Waals surface area contributed by atoms with E-state index in [2.05, 4.69) is 81.9 Å². The van der Waals surface area contributed by atoms with Crippen LogP contribution < -0.4 is 16.4 Å². The van der Waals surface area contributed by atoms with Gasteiger partial charge in [-0.3, -0.25) is 24.7 Å². The maximum atomic E-state index is 13.2. The average Bonchev–Trinajstić information content (AvgIpc) is 1.56. The molecule has 4 spiro atoms. The fourth-order valence-corrected chi connectivity index (χ4v) is 19.7. The number of carbonyl (C=O) groups is 6. The Balaban J connectivity index is 0.000000121. The van der Waals surface area contributed by atoms with Crippen LogP contribution in [0.1, 0.15) is 283 Å². The molecule has 4 saturated carbocycles. The predicted molar refractivity (Wildman–Crippen MR) is 506 cm³/mol. The van der Waals surface area contributed by atoms with Gasteiger partial charge >= 0.3 is 36.3 Å². The number of ether oxygens (including phenoxy) is 3. The van der Waals surface area contributed by atoms with Gasteiger partial charge < -0.3 is 77.8 Å². The van der Waals surface area contributed by atoms with E-state index < -0.39 is 35.5 Å². The first kappa shape index (κ1) is 101. The lowest BCUT2D eigenvalue weighted by molar-refractivity contribution is -0.153. The molecule has 10 amide bonds. The number of amides is 10. The van der Waals surface area contributed by atoms with E-state index in [9.17, 15) is 44.1 Å². The molecule has 8 bridgehead atoms. The first-order valence-corrected chi connectivity index (χ1v) is 49.1. The van der Waals surface area contributed by atoms with Crippen molar-refractivity contribution in [2.75, 3.05) is 59.2 Å². The molecular formula is C100H130N22O20. The number of fused-ring (bicyclic) bond motifs is 12. The van der Waals surface area contributed by atoms with E-state index >= 15 is 0 Å². The quantitative estimate of drug-likeness (QED) is 0.0217. The van der Waals surface area contributed by atoms with Gasteiger partial charge in [0.15, 0.2) is 0 Å². The van der Waals surface area contributed by atoms with Gasteiger partial charge in [0.25, 0.3) is 0 Å². The summed E-state index contributed by atoms with van der Waals surface area (Å²) in [7, 11) is 0. The molecule has 13 aliphatic rings. The van der Waals surface area contributed by atoms with Crippen molar-refractivity contribution in [2.45, 2.75) is 275 Å². The van der Waals surface area contributed by atoms with Crippen molar-refractivity contribution < 1.29 is 95.3 Å². The minimum absolute atomic E-state index is 0.0327. The molecule has 42 heteroatoms. The van der Waals surface area contributed by atoms with E-state index in [4.69, 9.17) is 57.0 Å². The molecule has 4 unspecified atom stereocenters. The van der Waals surface area contributed by atoms with Crippen LogP contribution in [0.25, 0.3) is 0 Å². The number of carbonyl (C=O) groups excluding carboxylic acids is 6. The van der Waals surface area contributed by atoms with Crippen molar-refractivity contribution in [3.63, 3.8) is 0 Å². The number of hydroxylamine groups is 8. The van der Waals surface area contributed by atoms with Crippen LogP contribution in [0.15, 0.2) is 175 Å². The predicted octanol–water partition coefficient (Wildman–Crippen LogP) is 14.2. The van der Waals surface area contributed by atoms with Crippen molar-refractivity contribution in [1.82, 2.24) is 101 Å². The van der Waals surface area contributed by atoms with Gasteiger partial charge in [0.05, 0.1) is 49.9 Å². The van der Waals surface area contributed by atoms with E-state index in [0.717, 1.165) is 119 Å². The second-order valence-corrected chi connectivity index (χ2v) is 41.0. The lowest BCUT2D eigenvalue weighted by Crippen LogP contribution is -2.42. The van der Waals surface area contributed by atoms with Gasteiger partial charge in [0.2, 0.25) is 53.1 Å². The minimum atomic E-state index is -0.839. The number of hydrogen-bond donors (Lipinski definition) is 6. The summed E-state index contributed by atoms with van der Waals surface area (Å²) >= 11 is 0. The first-order chi connectivity index (χ1) is 68.3. The summed E-state index contributed by atoms with van der Waals surface area (Å²) in [5.74, 6) is 3.26. The zero-order valence-corrected chi connectivity index (χ0v) is 82.1. The smallest absolute Gasteiger partial charge is 0.437 e. The van der Waals surface area contributed by atoms with Crippen LogP contribution in [0.2, 0.25) is 0 Å². The largest absolute Gasteiger partial charge is 0.444 e. The zero-order chi connectivity index (χ0) is 100.0. The van der Waals surface area contributed by atoms with Crippen molar-refractivity contribution in [2.24, 2.45) is 32.4 Å². The van der Waals surface area contributed by atoms with Crippen LogP contribution in [0.5, 0.6) is 0 Å². The fraction of sp³-hybridized carbons (Fsp3) is 0.560. The monoisotopic (exact) mass is 1960 g/mol. The second kappa shape index (κ2) is 42.9. The molecule has 7 N–H and O–H groups in total. The number of hydrogen-bond acceptors (Lipinski definition) is 31. The zero-order valence-electron chi connectivity index (χ0n) is 82.1. The van der Waals surface area contributed by atoms with Crippen molar-refractivity contribution >= 4 is 42.3 Å². The summed E-state index contributed by atoms with van der Waals surface area (Å²) in [6, 6.07) is 38.6. The molecule has 4 aliphatic carbocycles. The topological polar surface area (TPSA) is 490 Å². The third-order valence-corrected chi connectivity index (χ3v) is 28.4. The highest BCUT2D eigenvalue weighted by molar-refractivity contribution is 5.99. The summed E-state index contributed by atoms with van der Waals surface area (Å²) < 4.78 is 39.8. The molecule has 9 saturated heterocycles. The highest BCUT2D eigenvalue weighted by Gasteiger charge is 2.68. The molecule has 9 aliphatic heterocycles. The van der Waals surface area contributed by atoms with E-state index in [1.807, 2.05) is 133 Å². The van der Waals surface area contributed by atoms with Crippen LogP contribution in [-0.2, 0) is 60.0 Å².